The molecule has 0 bridgehead atoms. The molecule has 0 aliphatic heterocycles. The van der Waals surface area contributed by atoms with Crippen molar-refractivity contribution in [3.05, 3.63) is 12.3 Å². The van der Waals surface area contributed by atoms with Crippen LogP contribution in [0.2, 0.25) is 0 Å². The monoisotopic (exact) mass is 186 g/mol. The van der Waals surface area contributed by atoms with E-state index < -0.39 is 0 Å². The Hall–Kier alpha value is -0.500. The van der Waals surface area contributed by atoms with Crippen molar-refractivity contribution >= 4 is 0 Å². The smallest absolute Gasteiger partial charge is 0.0922 e. The fourth-order valence-electron chi connectivity index (χ4n) is 0.983. The molecular weight excluding hydrogens is 164 g/mol. The van der Waals surface area contributed by atoms with E-state index in [9.17, 15) is 5.11 Å². The average Bonchev–Trinajstić information content (AvgIpc) is 2.08. The molecule has 0 saturated carbocycles. The average molecular weight is 186 g/mol. The molecule has 0 aromatic heterocycles. The Balaban J connectivity index is 3.34. The summed E-state index contributed by atoms with van der Waals surface area (Å²) in [5.41, 5.74) is 0. The number of rotatable bonds is 7. The summed E-state index contributed by atoms with van der Waals surface area (Å²) >= 11 is 0. The fourth-order valence-corrected chi connectivity index (χ4v) is 0.983. The van der Waals surface area contributed by atoms with Gasteiger partial charge in [0.1, 0.15) is 0 Å². The summed E-state index contributed by atoms with van der Waals surface area (Å²) in [6.07, 6.45) is 7.43. The number of aliphatic hydroxyl groups is 1. The molecule has 0 aromatic carbocycles. The maximum absolute atomic E-state index is 9.44. The molecule has 1 unspecified atom stereocenters. The maximum Gasteiger partial charge on any atom is 0.0922 e. The lowest BCUT2D eigenvalue weighted by Gasteiger charge is -2.06. The highest BCUT2D eigenvalue weighted by Crippen LogP contribution is 2.04. The van der Waals surface area contributed by atoms with Crippen LogP contribution in [-0.4, -0.2) is 17.3 Å². The number of hydrogen-bond acceptors (Lipinski definition) is 2. The van der Waals surface area contributed by atoms with Crippen molar-refractivity contribution < 1.29 is 9.84 Å². The summed E-state index contributed by atoms with van der Waals surface area (Å²) in [6, 6.07) is 0. The minimum atomic E-state index is -0.202. The zero-order valence-corrected chi connectivity index (χ0v) is 8.99. The van der Waals surface area contributed by atoms with E-state index in [1.165, 1.54) is 0 Å². The van der Waals surface area contributed by atoms with Crippen LogP contribution in [0.1, 0.15) is 46.5 Å². The van der Waals surface area contributed by atoms with E-state index in [1.54, 1.807) is 6.26 Å². The Morgan fingerprint density at radius 2 is 2.08 bits per heavy atom. The van der Waals surface area contributed by atoms with Crippen LogP contribution in [0.5, 0.6) is 0 Å². The second-order valence-electron chi connectivity index (χ2n) is 3.59. The zero-order valence-electron chi connectivity index (χ0n) is 8.99. The van der Waals surface area contributed by atoms with Gasteiger partial charge in [-0.15, -0.1) is 0 Å². The SMILES string of the molecule is CCCCC(O)C/C=C/OC(C)C. The van der Waals surface area contributed by atoms with Gasteiger partial charge in [-0.25, -0.2) is 0 Å². The predicted octanol–water partition coefficient (Wildman–Crippen LogP) is 2.87. The van der Waals surface area contributed by atoms with Crippen LogP contribution in [-0.2, 0) is 4.74 Å². The minimum Gasteiger partial charge on any atom is -0.499 e. The van der Waals surface area contributed by atoms with Gasteiger partial charge in [0.2, 0.25) is 0 Å². The molecule has 0 aromatic rings. The van der Waals surface area contributed by atoms with Crippen LogP contribution >= 0.6 is 0 Å². The van der Waals surface area contributed by atoms with Crippen LogP contribution < -0.4 is 0 Å². The first kappa shape index (κ1) is 12.5. The lowest BCUT2D eigenvalue weighted by molar-refractivity contribution is 0.157. The topological polar surface area (TPSA) is 29.5 Å². The van der Waals surface area contributed by atoms with Gasteiger partial charge >= 0.3 is 0 Å². The van der Waals surface area contributed by atoms with Crippen LogP contribution in [0.25, 0.3) is 0 Å². The third-order valence-electron chi connectivity index (χ3n) is 1.75. The molecule has 2 nitrogen and oxygen atoms in total. The molecular formula is C11H22O2. The summed E-state index contributed by atoms with van der Waals surface area (Å²) < 4.78 is 5.21. The molecule has 0 spiro atoms. The molecule has 0 aliphatic carbocycles. The van der Waals surface area contributed by atoms with Crippen molar-refractivity contribution in [2.45, 2.75) is 58.7 Å². The Kier molecular flexibility index (Phi) is 7.80. The van der Waals surface area contributed by atoms with Crippen molar-refractivity contribution in [3.8, 4) is 0 Å². The quantitative estimate of drug-likeness (QED) is 0.619. The van der Waals surface area contributed by atoms with E-state index >= 15 is 0 Å². The largest absolute Gasteiger partial charge is 0.499 e. The van der Waals surface area contributed by atoms with Crippen molar-refractivity contribution in [3.63, 3.8) is 0 Å². The van der Waals surface area contributed by atoms with Crippen LogP contribution in [0.15, 0.2) is 12.3 Å². The minimum absolute atomic E-state index is 0.202. The molecule has 13 heavy (non-hydrogen) atoms. The maximum atomic E-state index is 9.44. The van der Waals surface area contributed by atoms with Gasteiger partial charge in [-0.2, -0.15) is 0 Å². The molecule has 0 amide bonds. The summed E-state index contributed by atoms with van der Waals surface area (Å²) in [6.45, 7) is 6.10. The number of unbranched alkanes of at least 4 members (excludes halogenated alkanes) is 1. The highest BCUT2D eigenvalue weighted by Gasteiger charge is 1.99. The van der Waals surface area contributed by atoms with E-state index in [2.05, 4.69) is 6.92 Å². The number of ether oxygens (including phenoxy) is 1. The van der Waals surface area contributed by atoms with Crippen LogP contribution in [0.3, 0.4) is 0 Å². The highest BCUT2D eigenvalue weighted by molar-refractivity contribution is 4.77. The van der Waals surface area contributed by atoms with Gasteiger partial charge in [0.05, 0.1) is 18.5 Å². The van der Waals surface area contributed by atoms with Crippen molar-refractivity contribution in [1.29, 1.82) is 0 Å². The Bertz CT molecular complexity index is 130. The predicted molar refractivity (Wildman–Crippen MR) is 55.5 cm³/mol. The molecule has 0 rings (SSSR count). The van der Waals surface area contributed by atoms with E-state index in [0.29, 0.717) is 6.42 Å². The molecule has 2 heteroatoms. The fraction of sp³-hybridized carbons (Fsp3) is 0.818. The van der Waals surface area contributed by atoms with Gasteiger partial charge in [0.15, 0.2) is 0 Å². The van der Waals surface area contributed by atoms with Crippen LogP contribution in [0, 0.1) is 0 Å². The molecule has 0 heterocycles. The van der Waals surface area contributed by atoms with Gasteiger partial charge in [-0.3, -0.25) is 0 Å². The molecule has 0 aliphatic rings. The zero-order chi connectivity index (χ0) is 10.1. The third kappa shape index (κ3) is 9.41. The summed E-state index contributed by atoms with van der Waals surface area (Å²) in [5.74, 6) is 0. The first-order chi connectivity index (χ1) is 6.16. The molecule has 1 N–H and O–H groups in total. The standard InChI is InChI=1S/C11H22O2/c1-4-5-7-11(12)8-6-9-13-10(2)3/h6,9-12H,4-5,7-8H2,1-3H3/b9-6+. The molecule has 0 saturated heterocycles. The summed E-state index contributed by atoms with van der Waals surface area (Å²) in [5, 5.41) is 9.44. The molecule has 78 valence electrons. The van der Waals surface area contributed by atoms with E-state index in [-0.39, 0.29) is 12.2 Å². The van der Waals surface area contributed by atoms with Crippen molar-refractivity contribution in [2.24, 2.45) is 0 Å². The third-order valence-corrected chi connectivity index (χ3v) is 1.75. The first-order valence-corrected chi connectivity index (χ1v) is 5.15. The first-order valence-electron chi connectivity index (χ1n) is 5.15. The Morgan fingerprint density at radius 3 is 2.62 bits per heavy atom. The molecule has 1 atom stereocenters. The normalized spacial score (nSPS) is 13.9. The van der Waals surface area contributed by atoms with Gasteiger partial charge in [-0.1, -0.05) is 19.8 Å². The lowest BCUT2D eigenvalue weighted by Crippen LogP contribution is -2.04. The van der Waals surface area contributed by atoms with Crippen LogP contribution in [0.4, 0.5) is 0 Å². The van der Waals surface area contributed by atoms with Gasteiger partial charge in [-0.05, 0) is 32.8 Å². The lowest BCUT2D eigenvalue weighted by atomic mass is 10.1. The van der Waals surface area contributed by atoms with Crippen molar-refractivity contribution in [1.82, 2.24) is 0 Å². The van der Waals surface area contributed by atoms with Gasteiger partial charge < -0.3 is 9.84 Å². The summed E-state index contributed by atoms with van der Waals surface area (Å²) in [7, 11) is 0. The molecule has 0 fully saturated rings. The second-order valence-corrected chi connectivity index (χ2v) is 3.59. The number of aliphatic hydroxyl groups excluding tert-OH is 1. The Labute approximate surface area is 81.6 Å². The van der Waals surface area contributed by atoms with E-state index in [0.717, 1.165) is 19.3 Å². The second kappa shape index (κ2) is 8.11. The van der Waals surface area contributed by atoms with Crippen molar-refractivity contribution in [2.75, 3.05) is 0 Å². The van der Waals surface area contributed by atoms with Gasteiger partial charge in [0.25, 0.3) is 0 Å². The van der Waals surface area contributed by atoms with E-state index in [4.69, 9.17) is 4.74 Å². The number of hydrogen-bond donors (Lipinski definition) is 1. The summed E-state index contributed by atoms with van der Waals surface area (Å²) in [4.78, 5) is 0. The molecule has 0 radical (unpaired) electrons. The van der Waals surface area contributed by atoms with E-state index in [1.807, 2.05) is 19.9 Å². The van der Waals surface area contributed by atoms with Gasteiger partial charge in [0, 0.05) is 0 Å². The Morgan fingerprint density at radius 1 is 1.38 bits per heavy atom. The highest BCUT2D eigenvalue weighted by atomic mass is 16.5.